The second kappa shape index (κ2) is 12.2. The van der Waals surface area contributed by atoms with Crippen molar-refractivity contribution in [2.45, 2.75) is 72.9 Å². The molecule has 1 aliphatic heterocycles. The van der Waals surface area contributed by atoms with Crippen molar-refractivity contribution >= 4 is 15.9 Å². The summed E-state index contributed by atoms with van der Waals surface area (Å²) in [5, 5.41) is 0. The summed E-state index contributed by atoms with van der Waals surface area (Å²) in [6.07, 6.45) is 0. The van der Waals surface area contributed by atoms with E-state index in [0.29, 0.717) is 34.9 Å². The first-order chi connectivity index (χ1) is 17.8. The van der Waals surface area contributed by atoms with Crippen LogP contribution >= 0.6 is 0 Å². The first kappa shape index (κ1) is 30.2. The molecule has 0 aliphatic carbocycles. The molecule has 0 N–H and O–H groups in total. The highest BCUT2D eigenvalue weighted by Crippen LogP contribution is 2.34. The Bertz CT molecular complexity index is 1250. The summed E-state index contributed by atoms with van der Waals surface area (Å²) in [6, 6.07) is 5.99. The maximum Gasteiger partial charge on any atom is 0.249 e. The minimum absolute atomic E-state index is 0.00405. The van der Waals surface area contributed by atoms with Gasteiger partial charge in [0.1, 0.15) is 12.4 Å². The standard InChI is InChI=1S/C29H45N3O5S/c1-19(2)17-30(38(34,35)29-21(5)16-26(36-9)23(7)24(29)8)14-15-37-18-27(33)32-13-12-31-22(6)10-11-25(31)28(32)20(3)4/h10-11,16,19-20,28H,12-15,17-18H2,1-9H3. The zero-order chi connectivity index (χ0) is 28.4. The van der Waals surface area contributed by atoms with Gasteiger partial charge in [0.05, 0.1) is 24.7 Å². The van der Waals surface area contributed by atoms with Crippen molar-refractivity contribution in [1.82, 2.24) is 13.8 Å². The molecule has 8 nitrogen and oxygen atoms in total. The molecule has 1 aromatic carbocycles. The lowest BCUT2D eigenvalue weighted by Gasteiger charge is -2.39. The molecule has 0 bridgehead atoms. The van der Waals surface area contributed by atoms with E-state index in [1.54, 1.807) is 20.1 Å². The van der Waals surface area contributed by atoms with Crippen LogP contribution in [0.4, 0.5) is 0 Å². The zero-order valence-electron chi connectivity index (χ0n) is 24.5. The summed E-state index contributed by atoms with van der Waals surface area (Å²) in [6.45, 7) is 17.8. The number of carbonyl (C=O) groups excluding carboxylic acids is 1. The SMILES string of the molecule is COc1cc(C)c(S(=O)(=O)N(CCOCC(=O)N2CCn3c(C)ccc3C2C(C)C)CC(C)C)c(C)c1C. The fourth-order valence-corrected chi connectivity index (χ4v) is 7.60. The van der Waals surface area contributed by atoms with Crippen molar-refractivity contribution < 1.29 is 22.7 Å². The summed E-state index contributed by atoms with van der Waals surface area (Å²) >= 11 is 0. The third-order valence-corrected chi connectivity index (χ3v) is 9.62. The minimum Gasteiger partial charge on any atom is -0.496 e. The van der Waals surface area contributed by atoms with Crippen molar-refractivity contribution in [1.29, 1.82) is 0 Å². The van der Waals surface area contributed by atoms with Crippen LogP contribution in [0.25, 0.3) is 0 Å². The highest BCUT2D eigenvalue weighted by atomic mass is 32.2. The van der Waals surface area contributed by atoms with Crippen LogP contribution in [0.5, 0.6) is 5.75 Å². The van der Waals surface area contributed by atoms with Crippen molar-refractivity contribution in [3.05, 3.63) is 46.3 Å². The van der Waals surface area contributed by atoms with Crippen molar-refractivity contribution in [2.24, 2.45) is 11.8 Å². The maximum atomic E-state index is 13.8. The molecule has 1 aromatic heterocycles. The number of hydrogen-bond acceptors (Lipinski definition) is 5. The summed E-state index contributed by atoms with van der Waals surface area (Å²) in [5.41, 5.74) is 4.52. The topological polar surface area (TPSA) is 81.1 Å². The second-order valence-electron chi connectivity index (χ2n) is 11.1. The highest BCUT2D eigenvalue weighted by molar-refractivity contribution is 7.89. The van der Waals surface area contributed by atoms with Gasteiger partial charge in [-0.25, -0.2) is 8.42 Å². The van der Waals surface area contributed by atoms with E-state index >= 15 is 0 Å². The van der Waals surface area contributed by atoms with Crippen LogP contribution in [0.2, 0.25) is 0 Å². The first-order valence-electron chi connectivity index (χ1n) is 13.5. The average Bonchev–Trinajstić information content (AvgIpc) is 3.22. The molecule has 1 atom stereocenters. The number of fused-ring (bicyclic) bond motifs is 1. The molecule has 1 unspecified atom stereocenters. The second-order valence-corrected chi connectivity index (χ2v) is 13.0. The summed E-state index contributed by atoms with van der Waals surface area (Å²) in [7, 11) is -2.19. The first-order valence-corrected chi connectivity index (χ1v) is 14.9. The Morgan fingerprint density at radius 2 is 1.76 bits per heavy atom. The number of rotatable bonds is 11. The Balaban J connectivity index is 1.71. The van der Waals surface area contributed by atoms with Gasteiger partial charge in [-0.05, 0) is 74.4 Å². The Morgan fingerprint density at radius 1 is 1.08 bits per heavy atom. The molecule has 2 aromatic rings. The predicted molar refractivity (Wildman–Crippen MR) is 150 cm³/mol. The van der Waals surface area contributed by atoms with E-state index in [2.05, 4.69) is 37.5 Å². The van der Waals surface area contributed by atoms with Crippen LogP contribution < -0.4 is 4.74 Å². The molecule has 0 saturated heterocycles. The lowest BCUT2D eigenvalue weighted by molar-refractivity contribution is -0.141. The largest absolute Gasteiger partial charge is 0.496 e. The molecule has 0 fully saturated rings. The fraction of sp³-hybridized carbons (Fsp3) is 0.621. The van der Waals surface area contributed by atoms with Crippen molar-refractivity contribution in [2.75, 3.05) is 40.0 Å². The molecule has 9 heteroatoms. The Kier molecular flexibility index (Phi) is 9.71. The van der Waals surface area contributed by atoms with Gasteiger partial charge in [-0.3, -0.25) is 4.79 Å². The molecule has 1 aliphatic rings. The molecule has 3 rings (SSSR count). The van der Waals surface area contributed by atoms with Gasteiger partial charge >= 0.3 is 0 Å². The minimum atomic E-state index is -3.78. The molecule has 2 heterocycles. The van der Waals surface area contributed by atoms with Crippen molar-refractivity contribution in [3.8, 4) is 5.75 Å². The van der Waals surface area contributed by atoms with Gasteiger partial charge < -0.3 is 18.9 Å². The van der Waals surface area contributed by atoms with Gasteiger partial charge in [-0.2, -0.15) is 4.31 Å². The quantitative estimate of drug-likeness (QED) is 0.383. The van der Waals surface area contributed by atoms with E-state index < -0.39 is 10.0 Å². The number of aryl methyl sites for hydroxylation is 2. The van der Waals surface area contributed by atoms with Crippen molar-refractivity contribution in [3.63, 3.8) is 0 Å². The molecule has 1 amide bonds. The molecular weight excluding hydrogens is 502 g/mol. The normalized spacial score (nSPS) is 16.0. The molecule has 0 radical (unpaired) electrons. The van der Waals surface area contributed by atoms with Gasteiger partial charge in [0.15, 0.2) is 0 Å². The average molecular weight is 548 g/mol. The van der Waals surface area contributed by atoms with E-state index in [4.69, 9.17) is 9.47 Å². The number of benzene rings is 1. The van der Waals surface area contributed by atoms with Crippen LogP contribution in [-0.4, -0.2) is 68.1 Å². The third kappa shape index (κ3) is 6.10. The van der Waals surface area contributed by atoms with Crippen LogP contribution in [0, 0.1) is 39.5 Å². The number of nitrogens with zero attached hydrogens (tertiary/aromatic N) is 3. The number of carbonyl (C=O) groups is 1. The van der Waals surface area contributed by atoms with E-state index in [1.807, 2.05) is 32.6 Å². The van der Waals surface area contributed by atoms with Crippen LogP contribution in [-0.2, 0) is 26.1 Å². The fourth-order valence-electron chi connectivity index (χ4n) is 5.53. The van der Waals surface area contributed by atoms with E-state index in [0.717, 1.165) is 17.8 Å². The number of amides is 1. The smallest absolute Gasteiger partial charge is 0.249 e. The molecule has 212 valence electrons. The molecular formula is C29H45N3O5S. The van der Waals surface area contributed by atoms with E-state index in [1.165, 1.54) is 10.00 Å². The van der Waals surface area contributed by atoms with Gasteiger partial charge in [0, 0.05) is 37.6 Å². The van der Waals surface area contributed by atoms with Gasteiger partial charge in [-0.15, -0.1) is 0 Å². The summed E-state index contributed by atoms with van der Waals surface area (Å²) in [5.74, 6) is 1.00. The Morgan fingerprint density at radius 3 is 2.37 bits per heavy atom. The zero-order valence-corrected chi connectivity index (χ0v) is 25.3. The van der Waals surface area contributed by atoms with Crippen LogP contribution in [0.15, 0.2) is 23.1 Å². The van der Waals surface area contributed by atoms with Gasteiger partial charge in [0.25, 0.3) is 0 Å². The lowest BCUT2D eigenvalue weighted by Crippen LogP contribution is -2.46. The molecule has 0 spiro atoms. The monoisotopic (exact) mass is 547 g/mol. The Hall–Kier alpha value is -2.36. The lowest BCUT2D eigenvalue weighted by atomic mass is 9.97. The summed E-state index contributed by atoms with van der Waals surface area (Å²) in [4.78, 5) is 15.4. The number of methoxy groups -OCH3 is 1. The van der Waals surface area contributed by atoms with Gasteiger partial charge in [0.2, 0.25) is 15.9 Å². The predicted octanol–water partition coefficient (Wildman–Crippen LogP) is 4.63. The van der Waals surface area contributed by atoms with E-state index in [9.17, 15) is 13.2 Å². The third-order valence-electron chi connectivity index (χ3n) is 7.46. The number of ether oxygens (including phenoxy) is 2. The highest BCUT2D eigenvalue weighted by Gasteiger charge is 2.34. The van der Waals surface area contributed by atoms with Crippen LogP contribution in [0.1, 0.15) is 61.8 Å². The molecule has 0 saturated carbocycles. The number of aromatic nitrogens is 1. The Labute approximate surface area is 229 Å². The summed E-state index contributed by atoms with van der Waals surface area (Å²) < 4.78 is 42.7. The number of sulfonamides is 1. The van der Waals surface area contributed by atoms with E-state index in [-0.39, 0.29) is 43.5 Å². The maximum absolute atomic E-state index is 13.8. The number of hydrogen-bond donors (Lipinski definition) is 0. The van der Waals surface area contributed by atoms with Crippen LogP contribution in [0.3, 0.4) is 0 Å². The molecule has 38 heavy (non-hydrogen) atoms. The van der Waals surface area contributed by atoms with Gasteiger partial charge in [-0.1, -0.05) is 27.7 Å².